The molecule has 0 aliphatic heterocycles. The molecule has 1 aromatic rings. The van der Waals surface area contributed by atoms with Gasteiger partial charge >= 0.3 is 0 Å². The van der Waals surface area contributed by atoms with E-state index in [2.05, 4.69) is 26.1 Å². The number of rotatable bonds is 5. The Morgan fingerprint density at radius 3 is 2.60 bits per heavy atom. The van der Waals surface area contributed by atoms with Crippen LogP contribution in [0.3, 0.4) is 0 Å². The molecule has 0 saturated heterocycles. The van der Waals surface area contributed by atoms with Crippen molar-refractivity contribution in [2.45, 2.75) is 32.6 Å². The van der Waals surface area contributed by atoms with Crippen LogP contribution < -0.4 is 5.32 Å². The normalized spacial score (nSPS) is 13.1. The zero-order valence-corrected chi connectivity index (χ0v) is 12.9. The van der Waals surface area contributed by atoms with E-state index >= 15 is 0 Å². The van der Waals surface area contributed by atoms with Gasteiger partial charge in [-0.2, -0.15) is 0 Å². The molecule has 0 radical (unpaired) electrons. The van der Waals surface area contributed by atoms with Crippen LogP contribution in [0.5, 0.6) is 0 Å². The third-order valence-electron chi connectivity index (χ3n) is 2.75. The summed E-state index contributed by atoms with van der Waals surface area (Å²) in [6, 6.07) is 1.25. The highest BCUT2D eigenvalue weighted by Gasteiger charge is 2.20. The Labute approximate surface area is 123 Å². The monoisotopic (exact) mass is 301 g/mol. The molecule has 0 aromatic carbocycles. The molecule has 0 spiro atoms. The largest absolute Gasteiger partial charge is 0.349 e. The van der Waals surface area contributed by atoms with Gasteiger partial charge in [0, 0.05) is 19.7 Å². The number of hydrogen-bond acceptors (Lipinski definition) is 3. The molecule has 7 heteroatoms. The standard InChI is InChI=1S/C13H20ClN3O3/c1-13(2,3)6-9(14)7-15-12(18)11-5-10(17(19)20)8-16(11)4/h5,8-9H,6-7H2,1-4H3,(H,15,18). The average Bonchev–Trinajstić information content (AvgIpc) is 2.66. The molecule has 1 aromatic heterocycles. The summed E-state index contributed by atoms with van der Waals surface area (Å²) < 4.78 is 1.43. The van der Waals surface area contributed by atoms with E-state index in [1.165, 1.54) is 16.8 Å². The van der Waals surface area contributed by atoms with Crippen LogP contribution in [-0.2, 0) is 7.05 Å². The van der Waals surface area contributed by atoms with Gasteiger partial charge in [0.1, 0.15) is 5.69 Å². The van der Waals surface area contributed by atoms with Crippen molar-refractivity contribution in [2.75, 3.05) is 6.54 Å². The molecule has 0 saturated carbocycles. The Morgan fingerprint density at radius 1 is 1.55 bits per heavy atom. The van der Waals surface area contributed by atoms with E-state index in [0.29, 0.717) is 6.54 Å². The minimum absolute atomic E-state index is 0.0842. The average molecular weight is 302 g/mol. The van der Waals surface area contributed by atoms with Gasteiger partial charge in [-0.15, -0.1) is 11.6 Å². The van der Waals surface area contributed by atoms with Crippen molar-refractivity contribution in [3.63, 3.8) is 0 Å². The molecule has 0 bridgehead atoms. The summed E-state index contributed by atoms with van der Waals surface area (Å²) in [5.41, 5.74) is 0.229. The number of carbonyl (C=O) groups is 1. The zero-order valence-electron chi connectivity index (χ0n) is 12.1. The number of aryl methyl sites for hydroxylation is 1. The SMILES string of the molecule is Cn1cc([N+](=O)[O-])cc1C(=O)NCC(Cl)CC(C)(C)C. The highest BCUT2D eigenvalue weighted by atomic mass is 35.5. The predicted molar refractivity (Wildman–Crippen MR) is 78.1 cm³/mol. The molecule has 1 atom stereocenters. The fourth-order valence-corrected chi connectivity index (χ4v) is 2.44. The lowest BCUT2D eigenvalue weighted by Crippen LogP contribution is -2.32. The number of carbonyl (C=O) groups excluding carboxylic acids is 1. The summed E-state index contributed by atoms with van der Waals surface area (Å²) in [5.74, 6) is -0.361. The Bertz CT molecular complexity index is 505. The van der Waals surface area contributed by atoms with Crippen LogP contribution in [0.15, 0.2) is 12.3 Å². The first-order valence-corrected chi connectivity index (χ1v) is 6.77. The molecular formula is C13H20ClN3O3. The third kappa shape index (κ3) is 4.85. The van der Waals surface area contributed by atoms with Crippen molar-refractivity contribution in [3.8, 4) is 0 Å². The zero-order chi connectivity index (χ0) is 15.5. The van der Waals surface area contributed by atoms with Crippen LogP contribution in [0.1, 0.15) is 37.7 Å². The number of aromatic nitrogens is 1. The van der Waals surface area contributed by atoms with Gasteiger partial charge in [-0.3, -0.25) is 14.9 Å². The van der Waals surface area contributed by atoms with Crippen molar-refractivity contribution in [1.29, 1.82) is 0 Å². The third-order valence-corrected chi connectivity index (χ3v) is 3.06. The van der Waals surface area contributed by atoms with Crippen molar-refractivity contribution in [3.05, 3.63) is 28.1 Å². The number of nitrogens with zero attached hydrogens (tertiary/aromatic N) is 2. The fourth-order valence-electron chi connectivity index (χ4n) is 1.90. The minimum Gasteiger partial charge on any atom is -0.349 e. The summed E-state index contributed by atoms with van der Waals surface area (Å²) >= 11 is 6.16. The van der Waals surface area contributed by atoms with E-state index in [-0.39, 0.29) is 28.1 Å². The van der Waals surface area contributed by atoms with Gasteiger partial charge in [0.05, 0.1) is 16.5 Å². The fraction of sp³-hybridized carbons (Fsp3) is 0.615. The predicted octanol–water partition coefficient (Wildman–Crippen LogP) is 2.71. The van der Waals surface area contributed by atoms with E-state index in [1.54, 1.807) is 7.05 Å². The topological polar surface area (TPSA) is 77.2 Å². The van der Waals surface area contributed by atoms with Gasteiger partial charge in [0.25, 0.3) is 11.6 Å². The van der Waals surface area contributed by atoms with Gasteiger partial charge in [-0.05, 0) is 11.8 Å². The van der Waals surface area contributed by atoms with Crippen molar-refractivity contribution in [2.24, 2.45) is 12.5 Å². The van der Waals surface area contributed by atoms with Crippen LogP contribution >= 0.6 is 11.6 Å². The summed E-state index contributed by atoms with van der Waals surface area (Å²) in [7, 11) is 1.59. The Kier molecular flexibility index (Phi) is 5.16. The van der Waals surface area contributed by atoms with E-state index in [0.717, 1.165) is 6.42 Å². The lowest BCUT2D eigenvalue weighted by molar-refractivity contribution is -0.384. The maximum Gasteiger partial charge on any atom is 0.287 e. The first kappa shape index (κ1) is 16.5. The number of amides is 1. The number of hydrogen-bond donors (Lipinski definition) is 1. The van der Waals surface area contributed by atoms with Crippen molar-refractivity contribution in [1.82, 2.24) is 9.88 Å². The molecule has 1 N–H and O–H groups in total. The van der Waals surface area contributed by atoms with Crippen LogP contribution in [-0.4, -0.2) is 27.3 Å². The Balaban J connectivity index is 2.61. The highest BCUT2D eigenvalue weighted by Crippen LogP contribution is 2.23. The van der Waals surface area contributed by atoms with Crippen LogP contribution in [0.2, 0.25) is 0 Å². The molecular weight excluding hydrogens is 282 g/mol. The Morgan fingerprint density at radius 2 is 2.15 bits per heavy atom. The molecule has 1 heterocycles. The molecule has 0 fully saturated rings. The molecule has 0 aliphatic rings. The lowest BCUT2D eigenvalue weighted by atomic mass is 9.90. The summed E-state index contributed by atoms with van der Waals surface area (Å²) in [6.45, 7) is 6.55. The van der Waals surface area contributed by atoms with Crippen LogP contribution in [0.4, 0.5) is 5.69 Å². The first-order chi connectivity index (χ1) is 9.10. The van der Waals surface area contributed by atoms with E-state index in [4.69, 9.17) is 11.6 Å². The molecule has 1 unspecified atom stereocenters. The number of nitro groups is 1. The van der Waals surface area contributed by atoms with E-state index in [9.17, 15) is 14.9 Å². The molecule has 6 nitrogen and oxygen atoms in total. The van der Waals surface area contributed by atoms with Gasteiger partial charge < -0.3 is 9.88 Å². The quantitative estimate of drug-likeness (QED) is 0.516. The Hall–Kier alpha value is -1.56. The molecule has 112 valence electrons. The van der Waals surface area contributed by atoms with Crippen LogP contribution in [0, 0.1) is 15.5 Å². The molecule has 1 amide bonds. The van der Waals surface area contributed by atoms with Gasteiger partial charge in [-0.1, -0.05) is 20.8 Å². The molecule has 20 heavy (non-hydrogen) atoms. The second-order valence-corrected chi connectivity index (χ2v) is 6.64. The summed E-state index contributed by atoms with van der Waals surface area (Å²) in [5, 5.41) is 13.2. The number of alkyl halides is 1. The second kappa shape index (κ2) is 6.26. The maximum atomic E-state index is 12.0. The van der Waals surface area contributed by atoms with Gasteiger partial charge in [0.2, 0.25) is 0 Å². The van der Waals surface area contributed by atoms with Gasteiger partial charge in [0.15, 0.2) is 0 Å². The second-order valence-electron chi connectivity index (χ2n) is 6.02. The van der Waals surface area contributed by atoms with Gasteiger partial charge in [-0.25, -0.2) is 0 Å². The number of halogens is 1. The summed E-state index contributed by atoms with van der Waals surface area (Å²) in [4.78, 5) is 22.1. The lowest BCUT2D eigenvalue weighted by Gasteiger charge is -2.21. The molecule has 1 rings (SSSR count). The first-order valence-electron chi connectivity index (χ1n) is 6.33. The van der Waals surface area contributed by atoms with Crippen molar-refractivity contribution < 1.29 is 9.72 Å². The van der Waals surface area contributed by atoms with E-state index in [1.807, 2.05) is 0 Å². The maximum absolute atomic E-state index is 12.0. The summed E-state index contributed by atoms with van der Waals surface area (Å²) in [6.07, 6.45) is 2.07. The highest BCUT2D eigenvalue weighted by molar-refractivity contribution is 6.21. The number of nitrogens with one attached hydrogen (secondary N) is 1. The van der Waals surface area contributed by atoms with Crippen molar-refractivity contribution >= 4 is 23.2 Å². The molecule has 0 aliphatic carbocycles. The van der Waals surface area contributed by atoms with Crippen LogP contribution in [0.25, 0.3) is 0 Å². The van der Waals surface area contributed by atoms with E-state index < -0.39 is 4.92 Å². The smallest absolute Gasteiger partial charge is 0.287 e. The minimum atomic E-state index is -0.527.